The minimum absolute atomic E-state index is 0.0336. The second-order valence-electron chi connectivity index (χ2n) is 4.73. The first kappa shape index (κ1) is 12.7. The fourth-order valence-corrected chi connectivity index (χ4v) is 2.09. The molecule has 0 spiro atoms. The molecule has 3 heteroatoms. The van der Waals surface area contributed by atoms with E-state index in [9.17, 15) is 4.79 Å². The summed E-state index contributed by atoms with van der Waals surface area (Å²) < 4.78 is 5.34. The Balaban J connectivity index is 2.41. The molecular weight excluding hydrogens is 190 g/mol. The van der Waals surface area contributed by atoms with Crippen molar-refractivity contribution < 1.29 is 9.53 Å². The molecule has 2 atom stereocenters. The first-order valence-corrected chi connectivity index (χ1v) is 6.01. The molecule has 15 heavy (non-hydrogen) atoms. The summed E-state index contributed by atoms with van der Waals surface area (Å²) in [6.07, 6.45) is 5.56. The summed E-state index contributed by atoms with van der Waals surface area (Å²) >= 11 is 0. The summed E-state index contributed by atoms with van der Waals surface area (Å²) in [6.45, 7) is 4.12. The zero-order valence-corrected chi connectivity index (χ0v) is 9.87. The lowest BCUT2D eigenvalue weighted by atomic mass is 9.91. The number of nitrogens with two attached hydrogens (primary N) is 1. The second kappa shape index (κ2) is 6.23. The van der Waals surface area contributed by atoms with Gasteiger partial charge in [-0.2, -0.15) is 0 Å². The molecule has 1 aliphatic carbocycles. The number of hydrogen-bond acceptors (Lipinski definition) is 3. The molecule has 2 unspecified atom stereocenters. The number of ether oxygens (including phenoxy) is 1. The van der Waals surface area contributed by atoms with Crippen LogP contribution < -0.4 is 5.73 Å². The molecule has 2 N–H and O–H groups in total. The summed E-state index contributed by atoms with van der Waals surface area (Å²) in [5, 5.41) is 0. The average Bonchev–Trinajstić information content (AvgIpc) is 2.39. The molecule has 0 saturated heterocycles. The lowest BCUT2D eigenvalue weighted by Crippen LogP contribution is -2.36. The normalized spacial score (nSPS) is 27.7. The van der Waals surface area contributed by atoms with Crippen molar-refractivity contribution in [2.24, 2.45) is 11.7 Å². The van der Waals surface area contributed by atoms with Gasteiger partial charge in [0, 0.05) is 12.0 Å². The molecule has 1 aliphatic rings. The quantitative estimate of drug-likeness (QED) is 0.725. The molecule has 0 aromatic rings. The van der Waals surface area contributed by atoms with Gasteiger partial charge in [0.15, 0.2) is 5.78 Å². The maximum atomic E-state index is 11.9. The Bertz CT molecular complexity index is 204. The standard InChI is InChI=1S/C12H23NO2/c1-9(2)15-8-12(14)10-6-4-3-5-7-11(10)13/h9-11H,3-8,13H2,1-2H3. The van der Waals surface area contributed by atoms with E-state index in [1.54, 1.807) is 0 Å². The zero-order valence-electron chi connectivity index (χ0n) is 9.87. The van der Waals surface area contributed by atoms with Crippen LogP contribution in [0.1, 0.15) is 46.0 Å². The van der Waals surface area contributed by atoms with Gasteiger partial charge in [-0.3, -0.25) is 4.79 Å². The summed E-state index contributed by atoms with van der Waals surface area (Å²) in [6, 6.07) is 0.0516. The van der Waals surface area contributed by atoms with Crippen molar-refractivity contribution in [3.8, 4) is 0 Å². The van der Waals surface area contributed by atoms with Crippen molar-refractivity contribution >= 4 is 5.78 Å². The van der Waals surface area contributed by atoms with Crippen LogP contribution in [0.15, 0.2) is 0 Å². The number of hydrogen-bond donors (Lipinski definition) is 1. The van der Waals surface area contributed by atoms with Gasteiger partial charge in [0.25, 0.3) is 0 Å². The Labute approximate surface area is 92.4 Å². The van der Waals surface area contributed by atoms with Crippen LogP contribution in [0, 0.1) is 5.92 Å². The molecule has 0 radical (unpaired) electrons. The van der Waals surface area contributed by atoms with E-state index in [1.165, 1.54) is 6.42 Å². The van der Waals surface area contributed by atoms with Crippen LogP contribution in [-0.4, -0.2) is 24.5 Å². The highest BCUT2D eigenvalue weighted by Crippen LogP contribution is 2.23. The fourth-order valence-electron chi connectivity index (χ4n) is 2.09. The third kappa shape index (κ3) is 4.31. The van der Waals surface area contributed by atoms with E-state index >= 15 is 0 Å². The van der Waals surface area contributed by atoms with E-state index in [1.807, 2.05) is 13.8 Å². The molecular formula is C12H23NO2. The van der Waals surface area contributed by atoms with Crippen LogP contribution in [0.25, 0.3) is 0 Å². The second-order valence-corrected chi connectivity index (χ2v) is 4.73. The number of rotatable bonds is 4. The molecule has 0 heterocycles. The Hall–Kier alpha value is -0.410. The molecule has 88 valence electrons. The van der Waals surface area contributed by atoms with E-state index in [2.05, 4.69) is 0 Å². The van der Waals surface area contributed by atoms with Gasteiger partial charge in [0.1, 0.15) is 6.61 Å². The molecule has 0 bridgehead atoms. The Morgan fingerprint density at radius 2 is 2.00 bits per heavy atom. The largest absolute Gasteiger partial charge is 0.371 e. The predicted molar refractivity (Wildman–Crippen MR) is 60.6 cm³/mol. The van der Waals surface area contributed by atoms with Gasteiger partial charge < -0.3 is 10.5 Å². The Kier molecular flexibility index (Phi) is 5.26. The van der Waals surface area contributed by atoms with Crippen LogP contribution in [0.2, 0.25) is 0 Å². The highest BCUT2D eigenvalue weighted by molar-refractivity contribution is 5.82. The van der Waals surface area contributed by atoms with E-state index in [4.69, 9.17) is 10.5 Å². The van der Waals surface area contributed by atoms with Gasteiger partial charge >= 0.3 is 0 Å². The SMILES string of the molecule is CC(C)OCC(=O)C1CCCCCC1N. The number of carbonyl (C=O) groups is 1. The third-order valence-electron chi connectivity index (χ3n) is 3.04. The van der Waals surface area contributed by atoms with E-state index in [0.29, 0.717) is 0 Å². The van der Waals surface area contributed by atoms with Gasteiger partial charge in [-0.05, 0) is 26.7 Å². The summed E-state index contributed by atoms with van der Waals surface area (Å²) in [4.78, 5) is 11.9. The average molecular weight is 213 g/mol. The predicted octanol–water partition coefficient (Wildman–Crippen LogP) is 1.89. The summed E-state index contributed by atoms with van der Waals surface area (Å²) in [5.74, 6) is 0.226. The maximum absolute atomic E-state index is 11.9. The Morgan fingerprint density at radius 3 is 2.67 bits per heavy atom. The first-order chi connectivity index (χ1) is 7.11. The number of carbonyl (C=O) groups excluding carboxylic acids is 1. The van der Waals surface area contributed by atoms with Crippen LogP contribution in [-0.2, 0) is 9.53 Å². The smallest absolute Gasteiger partial charge is 0.163 e. The number of Topliss-reactive ketones (excluding diaryl/α,β-unsaturated/α-hetero) is 1. The molecule has 3 nitrogen and oxygen atoms in total. The molecule has 0 aromatic carbocycles. The minimum atomic E-state index is 0.0336. The van der Waals surface area contributed by atoms with Crippen LogP contribution in [0.5, 0.6) is 0 Å². The van der Waals surface area contributed by atoms with Gasteiger partial charge in [0.2, 0.25) is 0 Å². The van der Waals surface area contributed by atoms with Crippen LogP contribution in [0.4, 0.5) is 0 Å². The summed E-state index contributed by atoms with van der Waals surface area (Å²) in [5.41, 5.74) is 6.01. The van der Waals surface area contributed by atoms with Crippen molar-refractivity contribution in [3.05, 3.63) is 0 Å². The van der Waals surface area contributed by atoms with E-state index < -0.39 is 0 Å². The fraction of sp³-hybridized carbons (Fsp3) is 0.917. The zero-order chi connectivity index (χ0) is 11.3. The van der Waals surface area contributed by atoms with Gasteiger partial charge in [-0.15, -0.1) is 0 Å². The molecule has 0 aromatic heterocycles. The third-order valence-corrected chi connectivity index (χ3v) is 3.04. The van der Waals surface area contributed by atoms with Crippen molar-refractivity contribution in [1.29, 1.82) is 0 Å². The maximum Gasteiger partial charge on any atom is 0.163 e. The van der Waals surface area contributed by atoms with E-state index in [0.717, 1.165) is 25.7 Å². The minimum Gasteiger partial charge on any atom is -0.371 e. The first-order valence-electron chi connectivity index (χ1n) is 6.01. The van der Waals surface area contributed by atoms with Gasteiger partial charge in [-0.1, -0.05) is 19.3 Å². The van der Waals surface area contributed by atoms with Crippen LogP contribution in [0.3, 0.4) is 0 Å². The van der Waals surface area contributed by atoms with Crippen molar-refractivity contribution in [2.75, 3.05) is 6.61 Å². The molecule has 1 fully saturated rings. The monoisotopic (exact) mass is 213 g/mol. The van der Waals surface area contributed by atoms with Gasteiger partial charge in [0.05, 0.1) is 6.10 Å². The summed E-state index contributed by atoms with van der Waals surface area (Å²) in [7, 11) is 0. The Morgan fingerprint density at radius 1 is 1.33 bits per heavy atom. The van der Waals surface area contributed by atoms with Crippen molar-refractivity contribution in [1.82, 2.24) is 0 Å². The molecule has 1 saturated carbocycles. The van der Waals surface area contributed by atoms with Crippen molar-refractivity contribution in [3.63, 3.8) is 0 Å². The molecule has 0 aliphatic heterocycles. The highest BCUT2D eigenvalue weighted by Gasteiger charge is 2.26. The van der Waals surface area contributed by atoms with Crippen molar-refractivity contribution in [2.45, 2.75) is 58.1 Å². The molecule has 1 rings (SSSR count). The lowest BCUT2D eigenvalue weighted by molar-refractivity contribution is -0.129. The lowest BCUT2D eigenvalue weighted by Gasteiger charge is -2.20. The van der Waals surface area contributed by atoms with E-state index in [-0.39, 0.29) is 30.5 Å². The van der Waals surface area contributed by atoms with Crippen LogP contribution >= 0.6 is 0 Å². The number of ketones is 1. The molecule has 0 amide bonds. The van der Waals surface area contributed by atoms with Gasteiger partial charge in [-0.25, -0.2) is 0 Å². The highest BCUT2D eigenvalue weighted by atomic mass is 16.5. The topological polar surface area (TPSA) is 52.3 Å².